The molecule has 7 heteroatoms. The lowest BCUT2D eigenvalue weighted by molar-refractivity contribution is 0.416. The summed E-state index contributed by atoms with van der Waals surface area (Å²) in [5.41, 5.74) is 0.676. The molecule has 0 amide bonds. The van der Waals surface area contributed by atoms with Crippen LogP contribution in [0.3, 0.4) is 0 Å². The van der Waals surface area contributed by atoms with Crippen LogP contribution in [0.2, 0.25) is 5.02 Å². The molecule has 0 aliphatic rings. The van der Waals surface area contributed by atoms with Gasteiger partial charge in [0.25, 0.3) is 0 Å². The van der Waals surface area contributed by atoms with Gasteiger partial charge >= 0.3 is 6.01 Å². The number of rotatable bonds is 7. The van der Waals surface area contributed by atoms with Crippen LogP contribution in [0, 0.1) is 5.92 Å². The highest BCUT2D eigenvalue weighted by atomic mass is 35.5. The van der Waals surface area contributed by atoms with E-state index in [9.17, 15) is 0 Å². The Morgan fingerprint density at radius 1 is 1.33 bits per heavy atom. The maximum absolute atomic E-state index is 5.97. The number of anilines is 2. The Labute approximate surface area is 128 Å². The van der Waals surface area contributed by atoms with Crippen molar-refractivity contribution in [3.63, 3.8) is 0 Å². The molecule has 1 aromatic heterocycles. The summed E-state index contributed by atoms with van der Waals surface area (Å²) in [7, 11) is 1.59. The zero-order valence-electron chi connectivity index (χ0n) is 12.3. The van der Waals surface area contributed by atoms with Gasteiger partial charge in [0.05, 0.1) is 19.3 Å². The van der Waals surface area contributed by atoms with Gasteiger partial charge in [0.1, 0.15) is 5.75 Å². The molecule has 0 aliphatic heterocycles. The van der Waals surface area contributed by atoms with Gasteiger partial charge in [-0.3, -0.25) is 0 Å². The van der Waals surface area contributed by atoms with Crippen molar-refractivity contribution in [2.24, 2.45) is 5.92 Å². The van der Waals surface area contributed by atoms with Crippen molar-refractivity contribution >= 4 is 23.3 Å². The fourth-order valence-electron chi connectivity index (χ4n) is 1.74. The highest BCUT2D eigenvalue weighted by molar-refractivity contribution is 6.30. The first-order chi connectivity index (χ1) is 10.1. The monoisotopic (exact) mass is 310 g/mol. The summed E-state index contributed by atoms with van der Waals surface area (Å²) in [6.07, 6.45) is 0. The fourth-order valence-corrected chi connectivity index (χ4v) is 1.91. The smallest absolute Gasteiger partial charge is 0.320 e. The van der Waals surface area contributed by atoms with E-state index in [1.165, 1.54) is 0 Å². The third kappa shape index (κ3) is 4.61. The van der Waals surface area contributed by atoms with Gasteiger partial charge in [0.2, 0.25) is 5.89 Å². The Kier molecular flexibility index (Phi) is 5.41. The van der Waals surface area contributed by atoms with Crippen molar-refractivity contribution in [2.45, 2.75) is 20.4 Å². The molecule has 0 radical (unpaired) electrons. The molecule has 0 atom stereocenters. The lowest BCUT2D eigenvalue weighted by atomic mass is 10.2. The molecular formula is C14H19ClN4O2. The van der Waals surface area contributed by atoms with E-state index in [2.05, 4.69) is 34.7 Å². The molecule has 0 bridgehead atoms. The number of methoxy groups -OCH3 is 1. The third-order valence-electron chi connectivity index (χ3n) is 2.70. The number of nitrogens with one attached hydrogen (secondary N) is 2. The number of aromatic nitrogens is 2. The number of nitrogens with zero attached hydrogens (tertiary/aromatic N) is 2. The quantitative estimate of drug-likeness (QED) is 0.818. The molecule has 0 saturated carbocycles. The zero-order chi connectivity index (χ0) is 15.2. The van der Waals surface area contributed by atoms with Gasteiger partial charge in [-0.15, -0.1) is 5.10 Å². The minimum absolute atomic E-state index is 0.303. The Balaban J connectivity index is 2.00. The van der Waals surface area contributed by atoms with Gasteiger partial charge in [-0.05, 0) is 30.7 Å². The molecule has 1 aromatic carbocycles. The molecule has 2 rings (SSSR count). The van der Waals surface area contributed by atoms with Crippen molar-refractivity contribution in [2.75, 3.05) is 19.0 Å². The maximum Gasteiger partial charge on any atom is 0.320 e. The highest BCUT2D eigenvalue weighted by Gasteiger charge is 2.10. The van der Waals surface area contributed by atoms with Crippen LogP contribution in [-0.4, -0.2) is 23.9 Å². The van der Waals surface area contributed by atoms with Crippen molar-refractivity contribution < 1.29 is 9.15 Å². The fraction of sp³-hybridized carbons (Fsp3) is 0.429. The van der Waals surface area contributed by atoms with Crippen LogP contribution in [0.4, 0.5) is 11.7 Å². The summed E-state index contributed by atoms with van der Waals surface area (Å²) in [4.78, 5) is 0. The van der Waals surface area contributed by atoms with Crippen molar-refractivity contribution in [3.8, 4) is 5.75 Å². The van der Waals surface area contributed by atoms with Crippen LogP contribution in [0.5, 0.6) is 5.75 Å². The highest BCUT2D eigenvalue weighted by Crippen LogP contribution is 2.29. The summed E-state index contributed by atoms with van der Waals surface area (Å²) in [5, 5.41) is 14.8. The predicted molar refractivity (Wildman–Crippen MR) is 82.1 cm³/mol. The molecular weight excluding hydrogens is 292 g/mol. The van der Waals surface area contributed by atoms with Crippen LogP contribution in [0.15, 0.2) is 22.6 Å². The van der Waals surface area contributed by atoms with E-state index in [0.29, 0.717) is 40.8 Å². The number of halogens is 1. The van der Waals surface area contributed by atoms with Gasteiger partial charge in [0, 0.05) is 5.02 Å². The van der Waals surface area contributed by atoms with E-state index < -0.39 is 0 Å². The van der Waals surface area contributed by atoms with Crippen molar-refractivity contribution in [3.05, 3.63) is 29.1 Å². The second-order valence-electron chi connectivity index (χ2n) is 5.00. The van der Waals surface area contributed by atoms with Crippen LogP contribution in [-0.2, 0) is 6.54 Å². The van der Waals surface area contributed by atoms with Crippen LogP contribution < -0.4 is 15.4 Å². The van der Waals surface area contributed by atoms with Gasteiger partial charge < -0.3 is 19.8 Å². The topological polar surface area (TPSA) is 72.2 Å². The summed E-state index contributed by atoms with van der Waals surface area (Å²) in [5.74, 6) is 1.75. The lowest BCUT2D eigenvalue weighted by Gasteiger charge is -2.08. The molecule has 0 aliphatic carbocycles. The molecule has 2 aromatic rings. The minimum Gasteiger partial charge on any atom is -0.495 e. The molecule has 0 fully saturated rings. The maximum atomic E-state index is 5.97. The second kappa shape index (κ2) is 7.28. The summed E-state index contributed by atoms with van der Waals surface area (Å²) < 4.78 is 10.8. The first-order valence-corrected chi connectivity index (χ1v) is 7.10. The normalized spacial score (nSPS) is 10.9. The Bertz CT molecular complexity index is 586. The van der Waals surface area contributed by atoms with E-state index in [0.717, 1.165) is 6.54 Å². The van der Waals surface area contributed by atoms with Crippen LogP contribution in [0.25, 0.3) is 0 Å². The van der Waals surface area contributed by atoms with E-state index in [-0.39, 0.29) is 0 Å². The molecule has 0 spiro atoms. The molecule has 2 N–H and O–H groups in total. The van der Waals surface area contributed by atoms with Crippen molar-refractivity contribution in [1.29, 1.82) is 0 Å². The van der Waals surface area contributed by atoms with E-state index in [1.807, 2.05) is 0 Å². The predicted octanol–water partition coefficient (Wildman–Crippen LogP) is 3.22. The van der Waals surface area contributed by atoms with Gasteiger partial charge in [0.15, 0.2) is 0 Å². The molecule has 21 heavy (non-hydrogen) atoms. The molecule has 6 nitrogen and oxygen atoms in total. The third-order valence-corrected chi connectivity index (χ3v) is 2.93. The first kappa shape index (κ1) is 15.6. The molecule has 114 valence electrons. The van der Waals surface area contributed by atoms with E-state index in [4.69, 9.17) is 20.8 Å². The summed E-state index contributed by atoms with van der Waals surface area (Å²) in [6, 6.07) is 5.56. The largest absolute Gasteiger partial charge is 0.495 e. The zero-order valence-corrected chi connectivity index (χ0v) is 13.1. The summed E-state index contributed by atoms with van der Waals surface area (Å²) >= 11 is 5.97. The average molecular weight is 311 g/mol. The van der Waals surface area contributed by atoms with E-state index in [1.54, 1.807) is 25.3 Å². The number of hydrogen-bond acceptors (Lipinski definition) is 6. The standard InChI is InChI=1S/C14H19ClN4O2/c1-9(2)7-16-8-13-18-19-14(21-13)17-11-6-10(15)4-5-12(11)20-3/h4-6,9,16H,7-8H2,1-3H3,(H,17,19). The Morgan fingerprint density at radius 3 is 2.86 bits per heavy atom. The van der Waals surface area contributed by atoms with Gasteiger partial charge in [-0.1, -0.05) is 30.5 Å². The molecule has 0 unspecified atom stereocenters. The minimum atomic E-state index is 0.303. The number of hydrogen-bond donors (Lipinski definition) is 2. The van der Waals surface area contributed by atoms with Gasteiger partial charge in [-0.25, -0.2) is 0 Å². The Hall–Kier alpha value is -1.79. The average Bonchev–Trinajstić information content (AvgIpc) is 2.86. The molecule has 0 saturated heterocycles. The lowest BCUT2D eigenvalue weighted by Crippen LogP contribution is -2.19. The van der Waals surface area contributed by atoms with Crippen molar-refractivity contribution in [1.82, 2.24) is 15.5 Å². The SMILES string of the molecule is COc1ccc(Cl)cc1Nc1nnc(CNCC(C)C)o1. The summed E-state index contributed by atoms with van der Waals surface area (Å²) in [6.45, 7) is 5.71. The Morgan fingerprint density at radius 2 is 2.14 bits per heavy atom. The second-order valence-corrected chi connectivity index (χ2v) is 5.43. The van der Waals surface area contributed by atoms with Crippen LogP contribution >= 0.6 is 11.6 Å². The van der Waals surface area contributed by atoms with Gasteiger partial charge in [-0.2, -0.15) is 0 Å². The number of ether oxygens (including phenoxy) is 1. The first-order valence-electron chi connectivity index (χ1n) is 6.72. The molecule has 1 heterocycles. The van der Waals surface area contributed by atoms with E-state index >= 15 is 0 Å². The number of benzene rings is 1. The van der Waals surface area contributed by atoms with Crippen LogP contribution in [0.1, 0.15) is 19.7 Å².